The van der Waals surface area contributed by atoms with E-state index in [-0.39, 0.29) is 17.9 Å². The lowest BCUT2D eigenvalue weighted by atomic mass is 9.86. The number of hydrogen-bond acceptors (Lipinski definition) is 5. The Morgan fingerprint density at radius 1 is 1.05 bits per heavy atom. The van der Waals surface area contributed by atoms with E-state index >= 15 is 0 Å². The molecule has 1 aromatic heterocycles. The fraction of sp³-hybridized carbons (Fsp3) is 0.379. The van der Waals surface area contributed by atoms with E-state index in [1.165, 1.54) is 16.9 Å². The van der Waals surface area contributed by atoms with Crippen LogP contribution in [0.25, 0.3) is 11.1 Å². The van der Waals surface area contributed by atoms with Crippen LogP contribution in [-0.4, -0.2) is 24.6 Å². The van der Waals surface area contributed by atoms with Crippen LogP contribution in [-0.2, 0) is 14.9 Å². The molecule has 8 heteroatoms. The highest BCUT2D eigenvalue weighted by Crippen LogP contribution is 2.41. The molecule has 1 atom stereocenters. The van der Waals surface area contributed by atoms with Gasteiger partial charge in [0.25, 0.3) is 5.91 Å². The topological polar surface area (TPSA) is 64.6 Å². The summed E-state index contributed by atoms with van der Waals surface area (Å²) in [4.78, 5) is 27.4. The molecule has 3 aromatic rings. The number of aryl methyl sites for hydroxylation is 1. The predicted octanol–water partition coefficient (Wildman–Crippen LogP) is 8.69. The summed E-state index contributed by atoms with van der Waals surface area (Å²) in [6.07, 6.45) is 0.237. The molecule has 2 aromatic carbocycles. The van der Waals surface area contributed by atoms with Crippen LogP contribution >= 0.6 is 34.5 Å². The van der Waals surface area contributed by atoms with Crippen molar-refractivity contribution in [2.24, 2.45) is 0 Å². The van der Waals surface area contributed by atoms with Crippen molar-refractivity contribution in [1.29, 1.82) is 0 Å². The van der Waals surface area contributed by atoms with Gasteiger partial charge in [-0.2, -0.15) is 0 Å². The van der Waals surface area contributed by atoms with Crippen molar-refractivity contribution in [3.05, 3.63) is 68.5 Å². The van der Waals surface area contributed by atoms with Crippen molar-refractivity contribution < 1.29 is 19.1 Å². The number of carbonyl (C=O) groups is 2. The lowest BCUT2D eigenvalue weighted by Gasteiger charge is -2.19. The molecule has 0 fully saturated rings. The van der Waals surface area contributed by atoms with E-state index in [0.717, 1.165) is 16.0 Å². The Bertz CT molecular complexity index is 1260. The fourth-order valence-corrected chi connectivity index (χ4v) is 5.21. The first kappa shape index (κ1) is 29.0. The van der Waals surface area contributed by atoms with Crippen LogP contribution in [0, 0.1) is 6.92 Å². The molecule has 0 saturated carbocycles. The summed E-state index contributed by atoms with van der Waals surface area (Å²) in [5.74, 6) is -0.539. The number of carbonyl (C=O) groups excluding carboxylic acids is 2. The summed E-state index contributed by atoms with van der Waals surface area (Å²) < 4.78 is 11.4. The SMILES string of the molecule is CCCOC(=O)c1c(NC(=O)C(CC)Oc2cc(Cl)ccc2Cl)sc(C)c1-c1ccc(C(C)(C)C)cc1. The molecule has 0 aliphatic heterocycles. The normalized spacial score (nSPS) is 12.2. The maximum Gasteiger partial charge on any atom is 0.341 e. The number of anilines is 1. The summed E-state index contributed by atoms with van der Waals surface area (Å²) >= 11 is 13.6. The van der Waals surface area contributed by atoms with Crippen molar-refractivity contribution in [2.75, 3.05) is 11.9 Å². The number of amides is 1. The molecule has 0 saturated heterocycles. The van der Waals surface area contributed by atoms with Gasteiger partial charge in [-0.15, -0.1) is 11.3 Å². The third kappa shape index (κ3) is 7.07. The average molecular weight is 563 g/mol. The second kappa shape index (κ2) is 12.3. The summed E-state index contributed by atoms with van der Waals surface area (Å²) in [5.41, 5.74) is 3.19. The highest BCUT2D eigenvalue weighted by atomic mass is 35.5. The van der Waals surface area contributed by atoms with Gasteiger partial charge < -0.3 is 14.8 Å². The highest BCUT2D eigenvalue weighted by molar-refractivity contribution is 7.17. The molecule has 0 radical (unpaired) electrons. The van der Waals surface area contributed by atoms with Crippen LogP contribution in [0.2, 0.25) is 10.0 Å². The maximum absolute atomic E-state index is 13.3. The summed E-state index contributed by atoms with van der Waals surface area (Å²) in [6.45, 7) is 12.5. The zero-order chi connectivity index (χ0) is 27.3. The fourth-order valence-electron chi connectivity index (χ4n) is 3.81. The Morgan fingerprint density at radius 2 is 1.73 bits per heavy atom. The van der Waals surface area contributed by atoms with E-state index in [1.807, 2.05) is 32.9 Å². The quantitative estimate of drug-likeness (QED) is 0.265. The summed E-state index contributed by atoms with van der Waals surface area (Å²) in [6, 6.07) is 13.0. The van der Waals surface area contributed by atoms with Crippen LogP contribution < -0.4 is 10.1 Å². The van der Waals surface area contributed by atoms with Gasteiger partial charge in [0.1, 0.15) is 16.3 Å². The maximum atomic E-state index is 13.3. The van der Waals surface area contributed by atoms with Crippen LogP contribution in [0.5, 0.6) is 5.75 Å². The second-order valence-electron chi connectivity index (χ2n) is 9.78. The zero-order valence-corrected chi connectivity index (χ0v) is 24.4. The Labute approximate surface area is 233 Å². The average Bonchev–Trinajstić information content (AvgIpc) is 3.17. The molecule has 1 amide bonds. The predicted molar refractivity (Wildman–Crippen MR) is 154 cm³/mol. The standard InChI is InChI=1S/C29H33Cl2NO4S/c1-7-15-35-28(34)25-24(18-9-11-19(12-10-18)29(4,5)6)17(3)37-27(25)32-26(33)22(8-2)36-23-16-20(30)13-14-21(23)31/h9-14,16,22H,7-8,15H2,1-6H3,(H,32,33). The number of thiophene rings is 1. The van der Waals surface area contributed by atoms with Crippen LogP contribution in [0.3, 0.4) is 0 Å². The molecule has 1 heterocycles. The third-order valence-electron chi connectivity index (χ3n) is 5.83. The van der Waals surface area contributed by atoms with E-state index in [0.29, 0.717) is 39.2 Å². The number of ether oxygens (including phenoxy) is 2. The number of nitrogens with one attached hydrogen (secondary N) is 1. The Hall–Kier alpha value is -2.54. The first-order valence-corrected chi connectivity index (χ1v) is 13.9. The summed E-state index contributed by atoms with van der Waals surface area (Å²) in [7, 11) is 0. The van der Waals surface area contributed by atoms with Gasteiger partial charge in [0, 0.05) is 21.5 Å². The van der Waals surface area contributed by atoms with Crippen LogP contribution in [0.15, 0.2) is 42.5 Å². The van der Waals surface area contributed by atoms with Crippen molar-refractivity contribution >= 4 is 51.4 Å². The molecule has 0 bridgehead atoms. The molecule has 1 unspecified atom stereocenters. The van der Waals surface area contributed by atoms with Crippen molar-refractivity contribution in [3.63, 3.8) is 0 Å². The van der Waals surface area contributed by atoms with E-state index in [9.17, 15) is 9.59 Å². The molecular formula is C29H33Cl2NO4S. The summed E-state index contributed by atoms with van der Waals surface area (Å²) in [5, 5.41) is 4.15. The molecule has 0 aliphatic rings. The van der Waals surface area contributed by atoms with Crippen molar-refractivity contribution in [1.82, 2.24) is 0 Å². The first-order chi connectivity index (χ1) is 17.5. The number of benzene rings is 2. The molecule has 3 rings (SSSR count). The highest BCUT2D eigenvalue weighted by Gasteiger charge is 2.28. The minimum absolute atomic E-state index is 0.00524. The molecule has 0 aliphatic carbocycles. The number of rotatable bonds is 9. The minimum Gasteiger partial charge on any atom is -0.479 e. The van der Waals surface area contributed by atoms with E-state index in [2.05, 4.69) is 38.2 Å². The van der Waals surface area contributed by atoms with Crippen LogP contribution in [0.1, 0.15) is 68.3 Å². The van der Waals surface area contributed by atoms with E-state index in [1.54, 1.807) is 18.2 Å². The molecule has 1 N–H and O–H groups in total. The zero-order valence-electron chi connectivity index (χ0n) is 22.0. The smallest absolute Gasteiger partial charge is 0.341 e. The third-order valence-corrected chi connectivity index (χ3v) is 7.40. The lowest BCUT2D eigenvalue weighted by Crippen LogP contribution is -2.32. The molecule has 37 heavy (non-hydrogen) atoms. The Kier molecular flexibility index (Phi) is 9.68. The molecule has 5 nitrogen and oxygen atoms in total. The van der Waals surface area contributed by atoms with Crippen molar-refractivity contribution in [3.8, 4) is 16.9 Å². The van der Waals surface area contributed by atoms with E-state index in [4.69, 9.17) is 32.7 Å². The molecule has 198 valence electrons. The van der Waals surface area contributed by atoms with Gasteiger partial charge in [0.15, 0.2) is 6.10 Å². The van der Waals surface area contributed by atoms with Crippen molar-refractivity contribution in [2.45, 2.75) is 65.9 Å². The lowest BCUT2D eigenvalue weighted by molar-refractivity contribution is -0.122. The molecule has 0 spiro atoms. The Balaban J connectivity index is 1.97. The van der Waals surface area contributed by atoms with Gasteiger partial charge in [0.2, 0.25) is 0 Å². The molecular weight excluding hydrogens is 529 g/mol. The monoisotopic (exact) mass is 561 g/mol. The largest absolute Gasteiger partial charge is 0.479 e. The first-order valence-electron chi connectivity index (χ1n) is 12.3. The van der Waals surface area contributed by atoms with Gasteiger partial charge in [-0.1, -0.05) is 82.1 Å². The van der Waals surface area contributed by atoms with Gasteiger partial charge in [0.05, 0.1) is 11.6 Å². The van der Waals surface area contributed by atoms with Crippen LogP contribution in [0.4, 0.5) is 5.00 Å². The number of halogens is 2. The van der Waals surface area contributed by atoms with E-state index < -0.39 is 12.1 Å². The van der Waals surface area contributed by atoms with Gasteiger partial charge >= 0.3 is 5.97 Å². The van der Waals surface area contributed by atoms with Gasteiger partial charge in [-0.3, -0.25) is 4.79 Å². The second-order valence-corrected chi connectivity index (χ2v) is 11.8. The minimum atomic E-state index is -0.840. The number of esters is 1. The Morgan fingerprint density at radius 3 is 2.32 bits per heavy atom. The van der Waals surface area contributed by atoms with Gasteiger partial charge in [-0.25, -0.2) is 4.79 Å². The number of hydrogen-bond donors (Lipinski definition) is 1. The van der Waals surface area contributed by atoms with Gasteiger partial charge in [-0.05, 0) is 48.4 Å².